The minimum atomic E-state index is -1.01. The third-order valence-corrected chi connectivity index (χ3v) is 7.17. The van der Waals surface area contributed by atoms with Crippen LogP contribution in [0.5, 0.6) is 11.5 Å². The molecular formula is C27H23BrN2O5S. The molecule has 1 heterocycles. The Bertz CT molecular complexity index is 1370. The number of methoxy groups -OCH3 is 1. The van der Waals surface area contributed by atoms with Gasteiger partial charge in [0.25, 0.3) is 5.91 Å². The lowest BCUT2D eigenvalue weighted by atomic mass is 10.1. The van der Waals surface area contributed by atoms with E-state index >= 15 is 0 Å². The van der Waals surface area contributed by atoms with Crippen molar-refractivity contribution in [3.8, 4) is 11.5 Å². The number of carboxylic acids is 1. The van der Waals surface area contributed by atoms with Gasteiger partial charge in [-0.05, 0) is 72.3 Å². The van der Waals surface area contributed by atoms with Gasteiger partial charge in [-0.3, -0.25) is 9.69 Å². The number of thioether (sulfide) groups is 1. The molecule has 0 aliphatic carbocycles. The molecule has 1 saturated heterocycles. The number of likely N-dealkylation sites (N-methyl/N-ethyl adjacent to an activating group) is 1. The van der Waals surface area contributed by atoms with E-state index in [4.69, 9.17) is 14.6 Å². The summed E-state index contributed by atoms with van der Waals surface area (Å²) in [5.74, 6) is -0.0592. The predicted octanol–water partition coefficient (Wildman–Crippen LogP) is 6.28. The van der Waals surface area contributed by atoms with Crippen molar-refractivity contribution in [3.05, 3.63) is 92.3 Å². The fourth-order valence-electron chi connectivity index (χ4n) is 3.36. The van der Waals surface area contributed by atoms with Crippen LogP contribution in [0.15, 0.2) is 75.0 Å². The lowest BCUT2D eigenvalue weighted by Crippen LogP contribution is -2.23. The van der Waals surface area contributed by atoms with Gasteiger partial charge < -0.3 is 14.6 Å². The summed E-state index contributed by atoms with van der Waals surface area (Å²) in [6.45, 7) is 2.44. The molecule has 0 unspecified atom stereocenters. The van der Waals surface area contributed by atoms with E-state index in [1.165, 1.54) is 34.4 Å². The quantitative estimate of drug-likeness (QED) is 0.339. The Morgan fingerprint density at radius 2 is 1.81 bits per heavy atom. The van der Waals surface area contributed by atoms with Crippen LogP contribution in [-0.4, -0.2) is 41.2 Å². The Hall–Kier alpha value is -3.56. The summed E-state index contributed by atoms with van der Waals surface area (Å²) in [5, 5.41) is 9.55. The SMILES string of the molecule is COc1cc(/C=C2\SC(=Nc3ccc(C(=O)O)cc3)N(C)C2=O)c(Br)cc1OCc1ccc(C)cc1. The highest BCUT2D eigenvalue weighted by atomic mass is 79.9. The number of ether oxygens (including phenoxy) is 2. The fraction of sp³-hybridized carbons (Fsp3) is 0.148. The Morgan fingerprint density at radius 3 is 2.44 bits per heavy atom. The number of hydrogen-bond acceptors (Lipinski definition) is 6. The van der Waals surface area contributed by atoms with Crippen molar-refractivity contribution in [3.63, 3.8) is 0 Å². The van der Waals surface area contributed by atoms with Crippen LogP contribution in [-0.2, 0) is 11.4 Å². The van der Waals surface area contributed by atoms with Crippen LogP contribution in [0.4, 0.5) is 5.69 Å². The number of amidine groups is 1. The van der Waals surface area contributed by atoms with E-state index in [9.17, 15) is 9.59 Å². The third kappa shape index (κ3) is 5.80. The first-order valence-electron chi connectivity index (χ1n) is 10.9. The fourth-order valence-corrected chi connectivity index (χ4v) is 4.78. The average Bonchev–Trinajstić information content (AvgIpc) is 3.12. The number of carbonyl (C=O) groups excluding carboxylic acids is 1. The van der Waals surface area contributed by atoms with Crippen molar-refractivity contribution in [1.82, 2.24) is 4.90 Å². The maximum absolute atomic E-state index is 12.9. The zero-order chi connectivity index (χ0) is 25.8. The molecular weight excluding hydrogens is 544 g/mol. The summed E-state index contributed by atoms with van der Waals surface area (Å²) in [6, 6.07) is 17.9. The predicted molar refractivity (Wildman–Crippen MR) is 145 cm³/mol. The lowest BCUT2D eigenvalue weighted by molar-refractivity contribution is -0.121. The third-order valence-electron chi connectivity index (χ3n) is 5.43. The van der Waals surface area contributed by atoms with Crippen LogP contribution in [0.25, 0.3) is 6.08 Å². The number of rotatable bonds is 7. The molecule has 3 aromatic carbocycles. The Balaban J connectivity index is 1.55. The molecule has 0 bridgehead atoms. The Labute approximate surface area is 221 Å². The normalized spacial score (nSPS) is 15.6. The van der Waals surface area contributed by atoms with Gasteiger partial charge >= 0.3 is 5.97 Å². The Morgan fingerprint density at radius 1 is 1.11 bits per heavy atom. The number of amides is 1. The van der Waals surface area contributed by atoms with Gasteiger partial charge in [-0.15, -0.1) is 0 Å². The van der Waals surface area contributed by atoms with Crippen molar-refractivity contribution < 1.29 is 24.2 Å². The van der Waals surface area contributed by atoms with E-state index in [0.29, 0.717) is 33.9 Å². The molecule has 1 N–H and O–H groups in total. The van der Waals surface area contributed by atoms with Gasteiger partial charge in [0.15, 0.2) is 16.7 Å². The van der Waals surface area contributed by atoms with E-state index in [1.807, 2.05) is 43.3 Å². The topological polar surface area (TPSA) is 88.4 Å². The second-order valence-electron chi connectivity index (χ2n) is 8.02. The van der Waals surface area contributed by atoms with Crippen LogP contribution in [0.2, 0.25) is 0 Å². The highest BCUT2D eigenvalue weighted by Crippen LogP contribution is 2.38. The highest BCUT2D eigenvalue weighted by molar-refractivity contribution is 9.10. The molecule has 9 heteroatoms. The molecule has 4 rings (SSSR count). The second kappa shape index (κ2) is 11.0. The molecule has 0 radical (unpaired) electrons. The monoisotopic (exact) mass is 566 g/mol. The van der Waals surface area contributed by atoms with Gasteiger partial charge in [0.05, 0.1) is 23.3 Å². The summed E-state index contributed by atoms with van der Waals surface area (Å²) in [4.78, 5) is 30.4. The van der Waals surface area contributed by atoms with Crippen molar-refractivity contribution in [2.24, 2.45) is 4.99 Å². The van der Waals surface area contributed by atoms with Gasteiger partial charge in [0, 0.05) is 11.5 Å². The maximum Gasteiger partial charge on any atom is 0.335 e. The van der Waals surface area contributed by atoms with Gasteiger partial charge in [-0.25, -0.2) is 9.79 Å². The second-order valence-corrected chi connectivity index (χ2v) is 9.88. The molecule has 0 spiro atoms. The minimum Gasteiger partial charge on any atom is -0.493 e. The summed E-state index contributed by atoms with van der Waals surface area (Å²) in [6.07, 6.45) is 1.77. The van der Waals surface area contributed by atoms with Crippen LogP contribution in [0.1, 0.15) is 27.0 Å². The van der Waals surface area contributed by atoms with Crippen molar-refractivity contribution in [1.29, 1.82) is 0 Å². The van der Waals surface area contributed by atoms with Crippen LogP contribution in [0, 0.1) is 6.92 Å². The van der Waals surface area contributed by atoms with E-state index < -0.39 is 5.97 Å². The highest BCUT2D eigenvalue weighted by Gasteiger charge is 2.30. The summed E-state index contributed by atoms with van der Waals surface area (Å²) >= 11 is 4.82. The number of carboxylic acid groups (broad SMARTS) is 1. The number of aromatic carboxylic acids is 1. The lowest BCUT2D eigenvalue weighted by Gasteiger charge is -2.13. The molecule has 1 aliphatic heterocycles. The number of nitrogens with zero attached hydrogens (tertiary/aromatic N) is 2. The molecule has 1 amide bonds. The number of hydrogen-bond donors (Lipinski definition) is 1. The number of halogens is 1. The molecule has 0 aromatic heterocycles. The first-order chi connectivity index (χ1) is 17.2. The standard InChI is InChI=1S/C27H23BrN2O5S/c1-16-4-6-17(7-5-16)15-35-23-14-21(28)19(12-22(23)34-3)13-24-25(31)30(2)27(36-24)29-20-10-8-18(9-11-20)26(32)33/h4-14H,15H2,1-3H3,(H,32,33)/b24-13-,29-27?. The first kappa shape index (κ1) is 25.5. The molecule has 36 heavy (non-hydrogen) atoms. The molecule has 184 valence electrons. The van der Waals surface area contributed by atoms with Crippen molar-refractivity contribution in [2.75, 3.05) is 14.2 Å². The van der Waals surface area contributed by atoms with E-state index in [1.54, 1.807) is 32.4 Å². The van der Waals surface area contributed by atoms with Crippen molar-refractivity contribution in [2.45, 2.75) is 13.5 Å². The van der Waals surface area contributed by atoms with Gasteiger partial charge in [0.2, 0.25) is 0 Å². The maximum atomic E-state index is 12.9. The average molecular weight is 567 g/mol. The van der Waals surface area contributed by atoms with Gasteiger partial charge in [0.1, 0.15) is 6.61 Å². The van der Waals surface area contributed by atoms with E-state index in [2.05, 4.69) is 20.9 Å². The number of benzene rings is 3. The zero-order valence-corrected chi connectivity index (χ0v) is 22.2. The molecule has 0 atom stereocenters. The minimum absolute atomic E-state index is 0.174. The number of aliphatic imine (C=N–C) groups is 1. The summed E-state index contributed by atoms with van der Waals surface area (Å²) in [5.41, 5.74) is 3.72. The Kier molecular flexibility index (Phi) is 7.81. The first-order valence-corrected chi connectivity index (χ1v) is 12.5. The largest absolute Gasteiger partial charge is 0.493 e. The molecule has 7 nitrogen and oxygen atoms in total. The van der Waals surface area contributed by atoms with Crippen LogP contribution < -0.4 is 9.47 Å². The molecule has 1 aliphatic rings. The van der Waals surface area contributed by atoms with Crippen LogP contribution >= 0.6 is 27.7 Å². The van der Waals surface area contributed by atoms with Gasteiger partial charge in [-0.1, -0.05) is 45.8 Å². The van der Waals surface area contributed by atoms with Crippen LogP contribution in [0.3, 0.4) is 0 Å². The van der Waals surface area contributed by atoms with Gasteiger partial charge in [-0.2, -0.15) is 0 Å². The van der Waals surface area contributed by atoms with E-state index in [-0.39, 0.29) is 11.5 Å². The molecule has 0 saturated carbocycles. The number of carbonyl (C=O) groups is 2. The summed E-state index contributed by atoms with van der Waals surface area (Å²) < 4.78 is 12.3. The molecule has 1 fully saturated rings. The number of aryl methyl sites for hydroxylation is 1. The smallest absolute Gasteiger partial charge is 0.335 e. The van der Waals surface area contributed by atoms with Crippen molar-refractivity contribution >= 4 is 56.5 Å². The van der Waals surface area contributed by atoms with E-state index in [0.717, 1.165) is 15.6 Å². The zero-order valence-electron chi connectivity index (χ0n) is 19.8. The summed E-state index contributed by atoms with van der Waals surface area (Å²) in [7, 11) is 3.22. The molecule has 3 aromatic rings.